The predicted octanol–water partition coefficient (Wildman–Crippen LogP) is 1.97. The molecule has 1 unspecified atom stereocenters. The number of nitriles is 1. The number of rotatable bonds is 7. The summed E-state index contributed by atoms with van der Waals surface area (Å²) >= 11 is 0. The Morgan fingerprint density at radius 1 is 1.21 bits per heavy atom. The van der Waals surface area contributed by atoms with Crippen LogP contribution in [-0.2, 0) is 22.4 Å². The van der Waals surface area contributed by atoms with Crippen molar-refractivity contribution in [3.05, 3.63) is 41.0 Å². The number of nitrogens with zero attached hydrogens (tertiary/aromatic N) is 4. The molecule has 2 aromatic rings. The number of carbonyl (C=O) groups is 2. The number of carbonyl (C=O) groups excluding carboxylic acids is 2. The van der Waals surface area contributed by atoms with E-state index in [4.69, 9.17) is 19.9 Å². The molecule has 3 fully saturated rings. The molecule has 202 valence electrons. The van der Waals surface area contributed by atoms with Gasteiger partial charge in [-0.25, -0.2) is 9.78 Å². The lowest BCUT2D eigenvalue weighted by Crippen LogP contribution is -2.64. The summed E-state index contributed by atoms with van der Waals surface area (Å²) in [5, 5.41) is 12.4. The Hall–Kier alpha value is -3.88. The minimum absolute atomic E-state index is 0.0457. The molecule has 1 spiro atoms. The molecule has 1 saturated carbocycles. The minimum Gasteiger partial charge on any atom is -0.492 e. The zero-order valence-electron chi connectivity index (χ0n) is 21.6. The van der Waals surface area contributed by atoms with Gasteiger partial charge in [-0.1, -0.05) is 0 Å². The molecule has 2 amide bonds. The van der Waals surface area contributed by atoms with Gasteiger partial charge in [-0.3, -0.25) is 14.6 Å². The first kappa shape index (κ1) is 24.2. The summed E-state index contributed by atoms with van der Waals surface area (Å²) < 4.78 is 17.1. The van der Waals surface area contributed by atoms with Crippen LogP contribution in [0.2, 0.25) is 0 Å². The standard InChI is InChI=1S/C28H30N6O5/c29-11-19-10-20(38-16-27(30)4-5-27)9-18-7-17(8-21(18)19)3-6-33-13-28(14-33)15-34(26(36)39-28)23-2-1-22-25(31-23)32-24(35)12-37-22/h1-2,9-10,17H,3-8,12-16,30H2,(H,31,32,35). The second kappa shape index (κ2) is 8.83. The number of anilines is 2. The molecule has 3 aliphatic heterocycles. The van der Waals surface area contributed by atoms with E-state index in [1.54, 1.807) is 12.1 Å². The number of hydrogen-bond acceptors (Lipinski definition) is 9. The SMILES string of the molecule is N#Cc1cc(OCC2(N)CC2)cc2c1CC(CCN1CC3(C1)CN(c1ccc4c(n1)NC(=O)CO4)C(=O)O3)C2. The number of hydrogen-bond donors (Lipinski definition) is 2. The Labute approximate surface area is 225 Å². The predicted molar refractivity (Wildman–Crippen MR) is 140 cm³/mol. The van der Waals surface area contributed by atoms with Crippen LogP contribution in [0.5, 0.6) is 11.5 Å². The van der Waals surface area contributed by atoms with Crippen molar-refractivity contribution in [1.29, 1.82) is 5.26 Å². The van der Waals surface area contributed by atoms with Gasteiger partial charge in [-0.15, -0.1) is 0 Å². The maximum Gasteiger partial charge on any atom is 0.416 e. The second-order valence-electron chi connectivity index (χ2n) is 11.6. The van der Waals surface area contributed by atoms with E-state index >= 15 is 0 Å². The maximum atomic E-state index is 12.7. The monoisotopic (exact) mass is 530 g/mol. The van der Waals surface area contributed by atoms with Crippen molar-refractivity contribution < 1.29 is 23.8 Å². The summed E-state index contributed by atoms with van der Waals surface area (Å²) in [5.74, 6) is 2.15. The van der Waals surface area contributed by atoms with E-state index in [1.165, 1.54) is 10.5 Å². The van der Waals surface area contributed by atoms with Gasteiger partial charge in [-0.2, -0.15) is 5.26 Å². The summed E-state index contributed by atoms with van der Waals surface area (Å²) in [6.45, 7) is 3.10. The fourth-order valence-corrected chi connectivity index (χ4v) is 6.08. The fourth-order valence-electron chi connectivity index (χ4n) is 6.08. The maximum absolute atomic E-state index is 12.7. The van der Waals surface area contributed by atoms with Crippen LogP contribution in [0, 0.1) is 17.2 Å². The minimum atomic E-state index is -0.546. The van der Waals surface area contributed by atoms with Crippen molar-refractivity contribution in [2.75, 3.05) is 49.6 Å². The van der Waals surface area contributed by atoms with Crippen molar-refractivity contribution >= 4 is 23.6 Å². The van der Waals surface area contributed by atoms with Gasteiger partial charge in [0.2, 0.25) is 0 Å². The van der Waals surface area contributed by atoms with Crippen LogP contribution < -0.4 is 25.4 Å². The third-order valence-corrected chi connectivity index (χ3v) is 8.44. The molecule has 3 N–H and O–H groups in total. The molecule has 4 heterocycles. The van der Waals surface area contributed by atoms with E-state index < -0.39 is 11.7 Å². The van der Waals surface area contributed by atoms with E-state index in [9.17, 15) is 14.9 Å². The Morgan fingerprint density at radius 2 is 2.05 bits per heavy atom. The highest BCUT2D eigenvalue weighted by atomic mass is 16.6. The summed E-state index contributed by atoms with van der Waals surface area (Å²) in [5.41, 5.74) is 8.46. The highest BCUT2D eigenvalue weighted by molar-refractivity contribution is 5.95. The summed E-state index contributed by atoms with van der Waals surface area (Å²) in [6, 6.07) is 9.70. The highest BCUT2D eigenvalue weighted by Gasteiger charge is 2.54. The number of ether oxygens (including phenoxy) is 3. The molecule has 1 aromatic carbocycles. The van der Waals surface area contributed by atoms with E-state index in [-0.39, 0.29) is 18.1 Å². The Morgan fingerprint density at radius 3 is 2.85 bits per heavy atom. The average molecular weight is 531 g/mol. The molecule has 2 saturated heterocycles. The highest BCUT2D eigenvalue weighted by Crippen LogP contribution is 2.39. The van der Waals surface area contributed by atoms with Crippen molar-refractivity contribution in [3.8, 4) is 17.6 Å². The van der Waals surface area contributed by atoms with Crippen LogP contribution in [0.3, 0.4) is 0 Å². The topological polar surface area (TPSA) is 143 Å². The van der Waals surface area contributed by atoms with Crippen molar-refractivity contribution in [2.45, 2.75) is 43.2 Å². The lowest BCUT2D eigenvalue weighted by Gasteiger charge is -2.45. The molecule has 39 heavy (non-hydrogen) atoms. The first-order chi connectivity index (χ1) is 18.8. The van der Waals surface area contributed by atoms with Crippen molar-refractivity contribution in [3.63, 3.8) is 0 Å². The molecular formula is C28H30N6O5. The molecular weight excluding hydrogens is 500 g/mol. The Kier molecular flexibility index (Phi) is 5.47. The van der Waals surface area contributed by atoms with Crippen LogP contribution in [0.1, 0.15) is 36.0 Å². The number of benzene rings is 1. The van der Waals surface area contributed by atoms with Gasteiger partial charge in [0, 0.05) is 13.1 Å². The van der Waals surface area contributed by atoms with Crippen molar-refractivity contribution in [1.82, 2.24) is 9.88 Å². The van der Waals surface area contributed by atoms with Crippen LogP contribution in [-0.4, -0.2) is 72.4 Å². The first-order valence-electron chi connectivity index (χ1n) is 13.4. The molecule has 7 rings (SSSR count). The molecule has 1 atom stereocenters. The Balaban J connectivity index is 0.930. The second-order valence-corrected chi connectivity index (χ2v) is 11.6. The summed E-state index contributed by atoms with van der Waals surface area (Å²) in [6.07, 6.45) is 4.37. The number of likely N-dealkylation sites (tertiary alicyclic amines) is 1. The van der Waals surface area contributed by atoms with E-state index in [0.717, 1.165) is 50.0 Å². The van der Waals surface area contributed by atoms with Crippen LogP contribution in [0.15, 0.2) is 24.3 Å². The fraction of sp³-hybridized carbons (Fsp3) is 0.500. The zero-order valence-corrected chi connectivity index (χ0v) is 21.6. The van der Waals surface area contributed by atoms with Gasteiger partial charge in [-0.05, 0) is 80.0 Å². The third-order valence-electron chi connectivity index (χ3n) is 8.44. The largest absolute Gasteiger partial charge is 0.492 e. The van der Waals surface area contributed by atoms with Gasteiger partial charge >= 0.3 is 6.09 Å². The number of amides is 2. The van der Waals surface area contributed by atoms with Gasteiger partial charge in [0.05, 0.1) is 23.7 Å². The van der Waals surface area contributed by atoms with Crippen LogP contribution in [0.25, 0.3) is 0 Å². The molecule has 11 heteroatoms. The normalized spacial score (nSPS) is 23.7. The molecule has 0 radical (unpaired) electrons. The van der Waals surface area contributed by atoms with Gasteiger partial charge < -0.3 is 25.3 Å². The van der Waals surface area contributed by atoms with E-state index in [2.05, 4.69) is 27.3 Å². The van der Waals surface area contributed by atoms with Crippen molar-refractivity contribution in [2.24, 2.45) is 11.7 Å². The summed E-state index contributed by atoms with van der Waals surface area (Å²) in [7, 11) is 0. The van der Waals surface area contributed by atoms with E-state index in [0.29, 0.717) is 55.1 Å². The van der Waals surface area contributed by atoms with Gasteiger partial charge in [0.1, 0.15) is 18.2 Å². The molecule has 5 aliphatic rings. The first-order valence-corrected chi connectivity index (χ1v) is 13.4. The summed E-state index contributed by atoms with van der Waals surface area (Å²) in [4.78, 5) is 32.6. The molecule has 0 bridgehead atoms. The average Bonchev–Trinajstić information content (AvgIpc) is 3.33. The number of fused-ring (bicyclic) bond motifs is 2. The van der Waals surface area contributed by atoms with Crippen LogP contribution in [0.4, 0.5) is 16.4 Å². The third kappa shape index (κ3) is 4.53. The van der Waals surface area contributed by atoms with E-state index in [1.807, 2.05) is 6.07 Å². The van der Waals surface area contributed by atoms with Crippen LogP contribution >= 0.6 is 0 Å². The molecule has 2 aliphatic carbocycles. The number of pyridine rings is 1. The number of nitrogens with one attached hydrogen (secondary N) is 1. The lowest BCUT2D eigenvalue weighted by molar-refractivity contribution is -0.118. The Bertz CT molecular complexity index is 1410. The number of nitrogens with two attached hydrogens (primary N) is 1. The molecule has 1 aromatic heterocycles. The quantitative estimate of drug-likeness (QED) is 0.549. The van der Waals surface area contributed by atoms with Gasteiger partial charge in [0.15, 0.2) is 23.8 Å². The smallest absolute Gasteiger partial charge is 0.416 e. The lowest BCUT2D eigenvalue weighted by atomic mass is 9.92. The zero-order chi connectivity index (χ0) is 26.8. The van der Waals surface area contributed by atoms with Gasteiger partial charge in [0.25, 0.3) is 5.91 Å². The number of aromatic nitrogens is 1. The molecule has 11 nitrogen and oxygen atoms in total.